The predicted molar refractivity (Wildman–Crippen MR) is 87.8 cm³/mol. The van der Waals surface area contributed by atoms with E-state index >= 15 is 0 Å². The molecule has 124 valence electrons. The summed E-state index contributed by atoms with van der Waals surface area (Å²) in [7, 11) is 0. The molecule has 0 bridgehead atoms. The maximum atomic E-state index is 12.2. The van der Waals surface area contributed by atoms with Gasteiger partial charge in [-0.05, 0) is 37.6 Å². The van der Waals surface area contributed by atoms with Crippen LogP contribution in [0, 0.1) is 11.3 Å². The van der Waals surface area contributed by atoms with Crippen LogP contribution in [0.25, 0.3) is 0 Å². The molecule has 0 aromatic heterocycles. The van der Waals surface area contributed by atoms with Crippen LogP contribution >= 0.6 is 12.4 Å². The van der Waals surface area contributed by atoms with Crippen molar-refractivity contribution in [3.05, 3.63) is 0 Å². The molecular weight excluding hydrogens is 288 g/mol. The van der Waals surface area contributed by atoms with Crippen LogP contribution in [0.15, 0.2) is 0 Å². The molecule has 0 aliphatic carbocycles. The normalized spacial score (nSPS) is 30.3. The van der Waals surface area contributed by atoms with E-state index in [1.807, 2.05) is 0 Å². The largest absolute Gasteiger partial charge is 0.377 e. The van der Waals surface area contributed by atoms with Crippen LogP contribution in [0.4, 0.5) is 0 Å². The molecule has 0 saturated carbocycles. The third-order valence-corrected chi connectivity index (χ3v) is 4.46. The Morgan fingerprint density at radius 2 is 2.00 bits per heavy atom. The van der Waals surface area contributed by atoms with Crippen molar-refractivity contribution in [2.24, 2.45) is 11.3 Å². The van der Waals surface area contributed by atoms with Gasteiger partial charge >= 0.3 is 0 Å². The summed E-state index contributed by atoms with van der Waals surface area (Å²) >= 11 is 0. The second-order valence-corrected chi connectivity index (χ2v) is 7.31. The van der Waals surface area contributed by atoms with E-state index in [0.717, 1.165) is 45.4 Å². The molecule has 2 saturated heterocycles. The number of halogens is 1. The van der Waals surface area contributed by atoms with E-state index in [0.29, 0.717) is 5.92 Å². The van der Waals surface area contributed by atoms with Crippen molar-refractivity contribution in [1.82, 2.24) is 10.6 Å². The number of amides is 1. The highest BCUT2D eigenvalue weighted by molar-refractivity contribution is 5.85. The third kappa shape index (κ3) is 5.42. The molecule has 1 amide bonds. The second kappa shape index (κ2) is 8.35. The van der Waals surface area contributed by atoms with Crippen LogP contribution in [0.1, 0.15) is 52.9 Å². The van der Waals surface area contributed by atoms with Crippen LogP contribution in [0.2, 0.25) is 0 Å². The first-order valence-electron chi connectivity index (χ1n) is 8.11. The molecule has 2 N–H and O–H groups in total. The molecule has 2 aliphatic heterocycles. The van der Waals surface area contributed by atoms with E-state index in [1.165, 1.54) is 6.42 Å². The predicted octanol–water partition coefficient (Wildman–Crippen LogP) is 2.51. The van der Waals surface area contributed by atoms with Gasteiger partial charge in [-0.15, -0.1) is 12.4 Å². The topological polar surface area (TPSA) is 50.4 Å². The molecule has 0 radical (unpaired) electrons. The minimum Gasteiger partial charge on any atom is -0.377 e. The van der Waals surface area contributed by atoms with Crippen molar-refractivity contribution in [2.45, 2.75) is 65.0 Å². The highest BCUT2D eigenvalue weighted by atomic mass is 35.5. The summed E-state index contributed by atoms with van der Waals surface area (Å²) in [6.07, 6.45) is 5.82. The lowest BCUT2D eigenvalue weighted by Gasteiger charge is -2.40. The number of hydrogen-bond donors (Lipinski definition) is 2. The highest BCUT2D eigenvalue weighted by Crippen LogP contribution is 2.33. The van der Waals surface area contributed by atoms with E-state index in [4.69, 9.17) is 4.74 Å². The van der Waals surface area contributed by atoms with E-state index in [1.54, 1.807) is 0 Å². The fraction of sp³-hybridized carbons (Fsp3) is 0.938. The molecule has 5 heteroatoms. The highest BCUT2D eigenvalue weighted by Gasteiger charge is 2.35. The Kier molecular flexibility index (Phi) is 7.45. The maximum absolute atomic E-state index is 12.2. The Balaban J connectivity index is 0.00000220. The van der Waals surface area contributed by atoms with Crippen LogP contribution < -0.4 is 10.6 Å². The molecule has 0 aromatic carbocycles. The van der Waals surface area contributed by atoms with Gasteiger partial charge in [0.2, 0.25) is 5.91 Å². The van der Waals surface area contributed by atoms with Crippen molar-refractivity contribution in [2.75, 3.05) is 19.7 Å². The number of carbonyl (C=O) groups excluding carboxylic acids is 1. The Bertz CT molecular complexity index is 325. The lowest BCUT2D eigenvalue weighted by atomic mass is 9.78. The first-order chi connectivity index (χ1) is 9.48. The van der Waals surface area contributed by atoms with Gasteiger partial charge in [0, 0.05) is 19.1 Å². The molecule has 2 rings (SSSR count). The second-order valence-electron chi connectivity index (χ2n) is 7.31. The molecule has 2 fully saturated rings. The van der Waals surface area contributed by atoms with Crippen molar-refractivity contribution in [3.63, 3.8) is 0 Å². The van der Waals surface area contributed by atoms with Crippen LogP contribution in [-0.4, -0.2) is 37.7 Å². The fourth-order valence-electron chi connectivity index (χ4n) is 3.44. The number of ether oxygens (including phenoxy) is 1. The summed E-state index contributed by atoms with van der Waals surface area (Å²) in [5.74, 6) is 0.610. The Morgan fingerprint density at radius 3 is 2.62 bits per heavy atom. The van der Waals surface area contributed by atoms with Crippen molar-refractivity contribution in [3.8, 4) is 0 Å². The van der Waals surface area contributed by atoms with Gasteiger partial charge in [0.15, 0.2) is 0 Å². The monoisotopic (exact) mass is 318 g/mol. The third-order valence-electron chi connectivity index (χ3n) is 4.46. The average molecular weight is 319 g/mol. The summed E-state index contributed by atoms with van der Waals surface area (Å²) < 4.78 is 5.97. The standard InChI is InChI=1S/C16H30N2O2.ClH/c1-16(2,3)14-12(7-6-10-20-14)11-18-15(19)13-8-4-5-9-17-13;/h12-14,17H,4-11H2,1-3H3,(H,18,19);1H. The van der Waals surface area contributed by atoms with Crippen molar-refractivity contribution in [1.29, 1.82) is 0 Å². The van der Waals surface area contributed by atoms with E-state index in [9.17, 15) is 4.79 Å². The van der Waals surface area contributed by atoms with E-state index in [-0.39, 0.29) is 35.9 Å². The Morgan fingerprint density at radius 1 is 1.24 bits per heavy atom. The summed E-state index contributed by atoms with van der Waals surface area (Å²) in [5.41, 5.74) is 0.138. The number of piperidine rings is 1. The number of rotatable bonds is 3. The zero-order valence-electron chi connectivity index (χ0n) is 13.6. The van der Waals surface area contributed by atoms with Gasteiger partial charge < -0.3 is 15.4 Å². The molecule has 0 spiro atoms. The lowest BCUT2D eigenvalue weighted by Crippen LogP contribution is -2.50. The van der Waals surface area contributed by atoms with Crippen LogP contribution in [0.3, 0.4) is 0 Å². The van der Waals surface area contributed by atoms with E-state index < -0.39 is 0 Å². The number of carbonyl (C=O) groups is 1. The summed E-state index contributed by atoms with van der Waals surface area (Å²) in [6, 6.07) is 0.0151. The summed E-state index contributed by atoms with van der Waals surface area (Å²) in [5, 5.41) is 6.45. The minimum atomic E-state index is 0. The fourth-order valence-corrected chi connectivity index (χ4v) is 3.44. The molecular formula is C16H31ClN2O2. The Labute approximate surface area is 135 Å². The van der Waals surface area contributed by atoms with Gasteiger partial charge in [-0.2, -0.15) is 0 Å². The van der Waals surface area contributed by atoms with Crippen molar-refractivity contribution < 1.29 is 9.53 Å². The van der Waals surface area contributed by atoms with Gasteiger partial charge in [-0.1, -0.05) is 27.2 Å². The van der Waals surface area contributed by atoms with Crippen molar-refractivity contribution >= 4 is 18.3 Å². The average Bonchev–Trinajstić information content (AvgIpc) is 2.45. The summed E-state index contributed by atoms with van der Waals surface area (Å²) in [6.45, 7) is 9.24. The smallest absolute Gasteiger partial charge is 0.237 e. The quantitative estimate of drug-likeness (QED) is 0.840. The zero-order valence-corrected chi connectivity index (χ0v) is 14.4. The molecule has 2 heterocycles. The molecule has 0 aromatic rings. The minimum absolute atomic E-state index is 0. The van der Waals surface area contributed by atoms with Crippen LogP contribution in [0.5, 0.6) is 0 Å². The zero-order chi connectivity index (χ0) is 14.6. The molecule has 4 nitrogen and oxygen atoms in total. The van der Waals surface area contributed by atoms with Gasteiger partial charge in [0.05, 0.1) is 12.1 Å². The van der Waals surface area contributed by atoms with Gasteiger partial charge in [-0.3, -0.25) is 4.79 Å². The first kappa shape index (κ1) is 18.7. The van der Waals surface area contributed by atoms with Gasteiger partial charge in [0.25, 0.3) is 0 Å². The first-order valence-corrected chi connectivity index (χ1v) is 8.11. The Hall–Kier alpha value is -0.320. The maximum Gasteiger partial charge on any atom is 0.237 e. The molecule has 3 unspecified atom stereocenters. The summed E-state index contributed by atoms with van der Waals surface area (Å²) in [4.78, 5) is 12.2. The molecule has 3 atom stereocenters. The molecule has 2 aliphatic rings. The lowest BCUT2D eigenvalue weighted by molar-refractivity contribution is -0.125. The van der Waals surface area contributed by atoms with Gasteiger partial charge in [-0.25, -0.2) is 0 Å². The van der Waals surface area contributed by atoms with Gasteiger partial charge in [0.1, 0.15) is 0 Å². The van der Waals surface area contributed by atoms with Crippen LogP contribution in [-0.2, 0) is 9.53 Å². The number of nitrogens with one attached hydrogen (secondary N) is 2. The van der Waals surface area contributed by atoms with E-state index in [2.05, 4.69) is 31.4 Å². The SMILES string of the molecule is CC(C)(C)C1OCCCC1CNC(=O)C1CCCCN1.Cl. The number of hydrogen-bond acceptors (Lipinski definition) is 3. The molecule has 21 heavy (non-hydrogen) atoms.